The highest BCUT2D eigenvalue weighted by Gasteiger charge is 2.15. The van der Waals surface area contributed by atoms with E-state index in [1.54, 1.807) is 6.07 Å². The van der Waals surface area contributed by atoms with Crippen molar-refractivity contribution in [3.05, 3.63) is 60.2 Å². The molecule has 0 aliphatic carbocycles. The van der Waals surface area contributed by atoms with Crippen molar-refractivity contribution >= 4 is 22.8 Å². The lowest BCUT2D eigenvalue weighted by molar-refractivity contribution is 0.100. The minimum atomic E-state index is -0.499. The fourth-order valence-electron chi connectivity index (χ4n) is 3.01. The van der Waals surface area contributed by atoms with Gasteiger partial charge in [0.1, 0.15) is 5.75 Å². The third-order valence-corrected chi connectivity index (χ3v) is 4.35. The molecule has 0 saturated carbocycles. The Morgan fingerprint density at radius 1 is 1.07 bits per heavy atom. The van der Waals surface area contributed by atoms with E-state index in [-0.39, 0.29) is 5.96 Å². The Kier molecular flexibility index (Phi) is 6.22. The molecule has 4 N–H and O–H groups in total. The van der Waals surface area contributed by atoms with Crippen molar-refractivity contribution in [3.63, 3.8) is 0 Å². The van der Waals surface area contributed by atoms with E-state index in [4.69, 9.17) is 21.2 Å². The minimum Gasteiger partial charge on any atom is -0.493 e. The molecule has 0 aliphatic heterocycles. The van der Waals surface area contributed by atoms with Crippen molar-refractivity contribution in [2.75, 3.05) is 6.61 Å². The normalized spacial score (nSPS) is 10.6. The van der Waals surface area contributed by atoms with E-state index < -0.39 is 5.91 Å². The zero-order valence-corrected chi connectivity index (χ0v) is 15.9. The van der Waals surface area contributed by atoms with Crippen molar-refractivity contribution < 1.29 is 9.53 Å². The first-order valence-electron chi connectivity index (χ1n) is 9.36. The number of ether oxygens (including phenoxy) is 1. The van der Waals surface area contributed by atoms with Gasteiger partial charge in [0.05, 0.1) is 23.4 Å². The number of hydrogen-bond donors (Lipinski definition) is 2. The van der Waals surface area contributed by atoms with E-state index in [2.05, 4.69) is 11.9 Å². The van der Waals surface area contributed by atoms with Crippen molar-refractivity contribution in [3.8, 4) is 17.0 Å². The summed E-state index contributed by atoms with van der Waals surface area (Å²) in [5.41, 5.74) is 13.3. The van der Waals surface area contributed by atoms with Gasteiger partial charge < -0.3 is 16.2 Å². The van der Waals surface area contributed by atoms with Gasteiger partial charge in [-0.3, -0.25) is 4.79 Å². The summed E-state index contributed by atoms with van der Waals surface area (Å²) in [6, 6.07) is 16.8. The molecule has 0 bridgehead atoms. The van der Waals surface area contributed by atoms with Gasteiger partial charge in [0.15, 0.2) is 5.96 Å². The molecule has 0 unspecified atom stereocenters. The summed E-state index contributed by atoms with van der Waals surface area (Å²) in [7, 11) is 0. The van der Waals surface area contributed by atoms with Crippen LogP contribution < -0.4 is 16.2 Å². The highest BCUT2D eigenvalue weighted by molar-refractivity contribution is 6.10. The Bertz CT molecular complexity index is 1010. The van der Waals surface area contributed by atoms with Crippen LogP contribution in [0, 0.1) is 0 Å². The number of nitrogens with zero attached hydrogens (tertiary/aromatic N) is 2. The first-order valence-corrected chi connectivity index (χ1v) is 9.36. The number of unbranched alkanes of at least 4 members (excludes halogenated alkanes) is 2. The van der Waals surface area contributed by atoms with Gasteiger partial charge >= 0.3 is 0 Å². The number of aliphatic imine (C=N–C) groups is 1. The third-order valence-electron chi connectivity index (χ3n) is 4.35. The summed E-state index contributed by atoms with van der Waals surface area (Å²) in [5, 5.41) is 0.697. The summed E-state index contributed by atoms with van der Waals surface area (Å²) in [5.74, 6) is -0.0325. The fraction of sp³-hybridized carbons (Fsp3) is 0.227. The summed E-state index contributed by atoms with van der Waals surface area (Å²) >= 11 is 0. The van der Waals surface area contributed by atoms with Crippen molar-refractivity contribution in [2.45, 2.75) is 26.2 Å². The van der Waals surface area contributed by atoms with Gasteiger partial charge in [-0.2, -0.15) is 4.99 Å². The molecule has 1 aromatic heterocycles. The van der Waals surface area contributed by atoms with Crippen LogP contribution in [0.15, 0.2) is 59.6 Å². The number of carbonyl (C=O) groups is 1. The molecule has 0 saturated heterocycles. The highest BCUT2D eigenvalue weighted by Crippen LogP contribution is 2.32. The predicted octanol–water partition coefficient (Wildman–Crippen LogP) is 3.88. The maximum absolute atomic E-state index is 12.6. The van der Waals surface area contributed by atoms with Crippen LogP contribution in [0.4, 0.5) is 0 Å². The van der Waals surface area contributed by atoms with Crippen LogP contribution in [0.1, 0.15) is 36.5 Å². The number of para-hydroxylation sites is 2. The summed E-state index contributed by atoms with van der Waals surface area (Å²) in [4.78, 5) is 21.0. The predicted molar refractivity (Wildman–Crippen MR) is 112 cm³/mol. The van der Waals surface area contributed by atoms with Gasteiger partial charge in [-0.15, -0.1) is 0 Å². The molecular weight excluding hydrogens is 352 g/mol. The summed E-state index contributed by atoms with van der Waals surface area (Å²) in [6.07, 6.45) is 3.24. The summed E-state index contributed by atoms with van der Waals surface area (Å²) in [6.45, 7) is 2.79. The molecule has 0 atom stereocenters. The van der Waals surface area contributed by atoms with Gasteiger partial charge in [0.2, 0.25) is 0 Å². The van der Waals surface area contributed by atoms with E-state index in [0.717, 1.165) is 30.6 Å². The Morgan fingerprint density at radius 3 is 2.61 bits per heavy atom. The highest BCUT2D eigenvalue weighted by atomic mass is 16.5. The SMILES string of the molecule is CCCCCOc1ccccc1-c1cc(C(=O)N=C(N)N)c2ccccc2n1. The van der Waals surface area contributed by atoms with E-state index in [9.17, 15) is 4.79 Å². The molecule has 0 spiro atoms. The van der Waals surface area contributed by atoms with Gasteiger partial charge in [-0.25, -0.2) is 4.98 Å². The number of rotatable bonds is 7. The fourth-order valence-corrected chi connectivity index (χ4v) is 3.01. The number of amides is 1. The van der Waals surface area contributed by atoms with Gasteiger partial charge in [-0.05, 0) is 30.7 Å². The molecule has 0 aliphatic rings. The smallest absolute Gasteiger partial charge is 0.280 e. The van der Waals surface area contributed by atoms with Crippen LogP contribution in [-0.4, -0.2) is 23.5 Å². The van der Waals surface area contributed by atoms with Crippen molar-refractivity contribution in [1.82, 2.24) is 4.98 Å². The number of aromatic nitrogens is 1. The van der Waals surface area contributed by atoms with Crippen LogP contribution in [0.3, 0.4) is 0 Å². The lowest BCUT2D eigenvalue weighted by atomic mass is 10.0. The number of pyridine rings is 1. The molecule has 3 aromatic rings. The maximum Gasteiger partial charge on any atom is 0.280 e. The zero-order chi connectivity index (χ0) is 19.9. The average molecular weight is 376 g/mol. The Labute approximate surface area is 164 Å². The minimum absolute atomic E-state index is 0.271. The van der Waals surface area contributed by atoms with E-state index >= 15 is 0 Å². The largest absolute Gasteiger partial charge is 0.493 e. The van der Waals surface area contributed by atoms with Crippen molar-refractivity contribution in [2.24, 2.45) is 16.5 Å². The third kappa shape index (κ3) is 4.46. The molecule has 28 heavy (non-hydrogen) atoms. The van der Waals surface area contributed by atoms with Crippen LogP contribution in [-0.2, 0) is 0 Å². The van der Waals surface area contributed by atoms with E-state index in [1.165, 1.54) is 0 Å². The lowest BCUT2D eigenvalue weighted by Crippen LogP contribution is -2.24. The lowest BCUT2D eigenvalue weighted by Gasteiger charge is -2.13. The second kappa shape index (κ2) is 8.99. The van der Waals surface area contributed by atoms with Crippen LogP contribution in [0.25, 0.3) is 22.2 Å². The van der Waals surface area contributed by atoms with Gasteiger partial charge in [0.25, 0.3) is 5.91 Å². The zero-order valence-electron chi connectivity index (χ0n) is 15.9. The van der Waals surface area contributed by atoms with Gasteiger partial charge in [0, 0.05) is 10.9 Å². The standard InChI is InChI=1S/C22H24N4O2/c1-2-3-8-13-28-20-12-7-5-10-16(20)19-14-17(21(27)26-22(23)24)15-9-4-6-11-18(15)25-19/h4-7,9-12,14H,2-3,8,13H2,1H3,(H4,23,24,26,27). The number of hydrogen-bond acceptors (Lipinski definition) is 3. The molecule has 6 heteroatoms. The van der Waals surface area contributed by atoms with Crippen LogP contribution in [0.5, 0.6) is 5.75 Å². The molecule has 0 radical (unpaired) electrons. The number of guanidine groups is 1. The van der Waals surface area contributed by atoms with E-state index in [0.29, 0.717) is 28.8 Å². The Hall–Kier alpha value is -3.41. The molecule has 2 aromatic carbocycles. The molecule has 1 amide bonds. The molecule has 1 heterocycles. The summed E-state index contributed by atoms with van der Waals surface area (Å²) < 4.78 is 5.98. The first-order chi connectivity index (χ1) is 13.6. The number of fused-ring (bicyclic) bond motifs is 1. The second-order valence-corrected chi connectivity index (χ2v) is 6.47. The molecule has 0 fully saturated rings. The van der Waals surface area contributed by atoms with Crippen molar-refractivity contribution in [1.29, 1.82) is 0 Å². The molecular formula is C22H24N4O2. The average Bonchev–Trinajstić information content (AvgIpc) is 2.70. The van der Waals surface area contributed by atoms with E-state index in [1.807, 2.05) is 48.5 Å². The van der Waals surface area contributed by atoms with Crippen LogP contribution >= 0.6 is 0 Å². The molecule has 6 nitrogen and oxygen atoms in total. The van der Waals surface area contributed by atoms with Gasteiger partial charge in [-0.1, -0.05) is 50.1 Å². The maximum atomic E-state index is 12.6. The number of benzene rings is 2. The monoisotopic (exact) mass is 376 g/mol. The topological polar surface area (TPSA) is 104 Å². The second-order valence-electron chi connectivity index (χ2n) is 6.47. The number of nitrogens with two attached hydrogens (primary N) is 2. The number of carbonyl (C=O) groups excluding carboxylic acids is 1. The molecule has 144 valence electrons. The molecule has 3 rings (SSSR count). The first kappa shape index (κ1) is 19.4. The Morgan fingerprint density at radius 2 is 1.82 bits per heavy atom. The quantitative estimate of drug-likeness (QED) is 0.370. The van der Waals surface area contributed by atoms with Crippen LogP contribution in [0.2, 0.25) is 0 Å². The Balaban J connectivity index is 2.07.